The molecule has 4 rings (SSSR count). The van der Waals surface area contributed by atoms with Crippen LogP contribution < -0.4 is 4.90 Å². The highest BCUT2D eigenvalue weighted by molar-refractivity contribution is 6.30. The van der Waals surface area contributed by atoms with Crippen molar-refractivity contribution in [3.05, 3.63) is 59.2 Å². The van der Waals surface area contributed by atoms with Crippen LogP contribution in [0.3, 0.4) is 0 Å². The van der Waals surface area contributed by atoms with E-state index in [1.807, 2.05) is 31.5 Å². The third kappa shape index (κ3) is 6.72. The first-order chi connectivity index (χ1) is 16.5. The van der Waals surface area contributed by atoms with Gasteiger partial charge in [0.05, 0.1) is 6.61 Å². The Morgan fingerprint density at radius 1 is 1.03 bits per heavy atom. The maximum atomic E-state index is 6.17. The number of benzene rings is 1. The molecule has 2 aliphatic heterocycles. The molecule has 3 heterocycles. The van der Waals surface area contributed by atoms with Crippen molar-refractivity contribution >= 4 is 17.4 Å². The Labute approximate surface area is 211 Å². The van der Waals surface area contributed by atoms with E-state index >= 15 is 0 Å². The van der Waals surface area contributed by atoms with E-state index < -0.39 is 0 Å². The van der Waals surface area contributed by atoms with E-state index in [2.05, 4.69) is 57.8 Å². The van der Waals surface area contributed by atoms with Gasteiger partial charge in [-0.05, 0) is 61.4 Å². The van der Waals surface area contributed by atoms with Crippen LogP contribution in [0, 0.1) is 5.92 Å². The average molecular weight is 485 g/mol. The molecule has 186 valence electrons. The maximum Gasteiger partial charge on any atom is 0.128 e. The average Bonchev–Trinajstić information content (AvgIpc) is 2.85. The monoisotopic (exact) mass is 484 g/mol. The molecule has 0 radical (unpaired) electrons. The van der Waals surface area contributed by atoms with Crippen LogP contribution in [0.15, 0.2) is 48.7 Å². The van der Waals surface area contributed by atoms with Crippen molar-refractivity contribution in [3.8, 4) is 0 Å². The highest BCUT2D eigenvalue weighted by Gasteiger charge is 2.38. The van der Waals surface area contributed by atoms with Crippen LogP contribution in [0.25, 0.3) is 0 Å². The van der Waals surface area contributed by atoms with Gasteiger partial charge in [-0.15, -0.1) is 0 Å². The molecule has 6 heteroatoms. The molecular weight excluding hydrogens is 444 g/mol. The Kier molecular flexibility index (Phi) is 9.24. The Bertz CT molecular complexity index is 854. The Hall–Kier alpha value is -1.66. The summed E-state index contributed by atoms with van der Waals surface area (Å²) in [5.74, 6) is 1.80. The molecule has 2 atom stereocenters. The molecule has 34 heavy (non-hydrogen) atoms. The SMILES string of the molecule is COCCN1C[C@H](Cc2ccc(Cl)cc2)N(C2CCN(c3ccccn3)CC2)C[C@@H]1CC(C)C. The molecule has 0 unspecified atom stereocenters. The topological polar surface area (TPSA) is 31.8 Å². The lowest BCUT2D eigenvalue weighted by Gasteiger charge is -2.51. The van der Waals surface area contributed by atoms with E-state index in [0.717, 1.165) is 56.6 Å². The Morgan fingerprint density at radius 2 is 1.79 bits per heavy atom. The first-order valence-electron chi connectivity index (χ1n) is 12.9. The molecule has 0 amide bonds. The number of aromatic nitrogens is 1. The lowest BCUT2D eigenvalue weighted by atomic mass is 9.91. The zero-order valence-corrected chi connectivity index (χ0v) is 21.8. The molecule has 2 saturated heterocycles. The number of piperidine rings is 1. The summed E-state index contributed by atoms with van der Waals surface area (Å²) in [6, 6.07) is 16.4. The van der Waals surface area contributed by atoms with Crippen LogP contribution in [0.2, 0.25) is 5.02 Å². The summed E-state index contributed by atoms with van der Waals surface area (Å²) in [7, 11) is 1.81. The fraction of sp³-hybridized carbons (Fsp3) is 0.607. The second-order valence-electron chi connectivity index (χ2n) is 10.4. The molecule has 1 aromatic carbocycles. The normalized spacial score (nSPS) is 23.0. The fourth-order valence-electron chi connectivity index (χ4n) is 5.77. The summed E-state index contributed by atoms with van der Waals surface area (Å²) in [5, 5.41) is 0.810. The predicted molar refractivity (Wildman–Crippen MR) is 142 cm³/mol. The lowest BCUT2D eigenvalue weighted by Crippen LogP contribution is -2.63. The molecule has 0 saturated carbocycles. The van der Waals surface area contributed by atoms with Gasteiger partial charge < -0.3 is 9.64 Å². The molecule has 0 bridgehead atoms. The van der Waals surface area contributed by atoms with Crippen molar-refractivity contribution < 1.29 is 4.74 Å². The Morgan fingerprint density at radius 3 is 2.44 bits per heavy atom. The maximum absolute atomic E-state index is 6.17. The van der Waals surface area contributed by atoms with Crippen molar-refractivity contribution in [2.45, 2.75) is 57.7 Å². The molecule has 2 aliphatic rings. The van der Waals surface area contributed by atoms with Crippen molar-refractivity contribution in [2.24, 2.45) is 5.92 Å². The quantitative estimate of drug-likeness (QED) is 0.500. The largest absolute Gasteiger partial charge is 0.383 e. The first-order valence-corrected chi connectivity index (χ1v) is 13.3. The molecule has 0 spiro atoms. The lowest BCUT2D eigenvalue weighted by molar-refractivity contribution is -0.0195. The number of halogens is 1. The second-order valence-corrected chi connectivity index (χ2v) is 10.8. The number of methoxy groups -OCH3 is 1. The number of hydrogen-bond donors (Lipinski definition) is 0. The van der Waals surface area contributed by atoms with Gasteiger partial charge >= 0.3 is 0 Å². The number of ether oxygens (including phenoxy) is 1. The van der Waals surface area contributed by atoms with Crippen LogP contribution in [0.1, 0.15) is 38.7 Å². The summed E-state index contributed by atoms with van der Waals surface area (Å²) in [6.45, 7) is 10.9. The van der Waals surface area contributed by atoms with Gasteiger partial charge in [0.25, 0.3) is 0 Å². The number of nitrogens with zero attached hydrogens (tertiary/aromatic N) is 4. The van der Waals surface area contributed by atoms with Gasteiger partial charge in [-0.2, -0.15) is 0 Å². The molecule has 2 fully saturated rings. The van der Waals surface area contributed by atoms with Gasteiger partial charge in [-0.25, -0.2) is 4.98 Å². The van der Waals surface area contributed by atoms with E-state index in [-0.39, 0.29) is 0 Å². The second kappa shape index (κ2) is 12.3. The minimum atomic E-state index is 0.507. The number of anilines is 1. The smallest absolute Gasteiger partial charge is 0.128 e. The van der Waals surface area contributed by atoms with E-state index in [1.165, 1.54) is 24.8 Å². The molecule has 2 aromatic rings. The van der Waals surface area contributed by atoms with Crippen molar-refractivity contribution in [3.63, 3.8) is 0 Å². The zero-order chi connectivity index (χ0) is 23.9. The van der Waals surface area contributed by atoms with E-state index in [9.17, 15) is 0 Å². The van der Waals surface area contributed by atoms with Gasteiger partial charge in [-0.1, -0.05) is 43.6 Å². The summed E-state index contributed by atoms with van der Waals surface area (Å²) in [5.41, 5.74) is 1.37. The van der Waals surface area contributed by atoms with Gasteiger partial charge in [0.15, 0.2) is 0 Å². The van der Waals surface area contributed by atoms with Gasteiger partial charge in [-0.3, -0.25) is 9.80 Å². The molecule has 0 aliphatic carbocycles. The zero-order valence-electron chi connectivity index (χ0n) is 21.1. The van der Waals surface area contributed by atoms with Crippen molar-refractivity contribution in [1.29, 1.82) is 0 Å². The summed E-state index contributed by atoms with van der Waals surface area (Å²) >= 11 is 6.17. The van der Waals surface area contributed by atoms with Crippen molar-refractivity contribution in [2.75, 3.05) is 51.3 Å². The van der Waals surface area contributed by atoms with Gasteiger partial charge in [0.1, 0.15) is 5.82 Å². The minimum absolute atomic E-state index is 0.507. The molecule has 1 aromatic heterocycles. The van der Waals surface area contributed by atoms with E-state index in [0.29, 0.717) is 24.0 Å². The van der Waals surface area contributed by atoms with E-state index in [4.69, 9.17) is 16.3 Å². The third-order valence-electron chi connectivity index (χ3n) is 7.47. The van der Waals surface area contributed by atoms with Crippen molar-refractivity contribution in [1.82, 2.24) is 14.8 Å². The van der Waals surface area contributed by atoms with E-state index in [1.54, 1.807) is 0 Å². The molecule has 5 nitrogen and oxygen atoms in total. The first kappa shape index (κ1) is 25.4. The minimum Gasteiger partial charge on any atom is -0.383 e. The number of piperazine rings is 1. The number of pyridine rings is 1. The molecule has 0 N–H and O–H groups in total. The Balaban J connectivity index is 1.50. The molecular formula is C28H41ClN4O. The van der Waals surface area contributed by atoms with Crippen LogP contribution in [0.5, 0.6) is 0 Å². The van der Waals surface area contributed by atoms with Crippen LogP contribution in [-0.2, 0) is 11.2 Å². The van der Waals surface area contributed by atoms with Crippen LogP contribution in [-0.4, -0.2) is 79.3 Å². The fourth-order valence-corrected chi connectivity index (χ4v) is 5.90. The van der Waals surface area contributed by atoms with Gasteiger partial charge in [0, 0.05) is 69.2 Å². The van der Waals surface area contributed by atoms with Crippen LogP contribution >= 0.6 is 11.6 Å². The summed E-state index contributed by atoms with van der Waals surface area (Å²) in [4.78, 5) is 12.6. The summed E-state index contributed by atoms with van der Waals surface area (Å²) in [6.07, 6.45) is 6.59. The number of rotatable bonds is 9. The highest BCUT2D eigenvalue weighted by atomic mass is 35.5. The number of hydrogen-bond acceptors (Lipinski definition) is 5. The standard InChI is InChI=1S/C28H41ClN4O/c1-22(2)18-26-21-33(25-11-14-31(15-12-25)28-6-4-5-13-30-28)27(20-32(26)16-17-34-3)19-23-7-9-24(29)10-8-23/h4-10,13,22,25-27H,11-12,14-21H2,1-3H3/t26-,27-/m0/s1. The summed E-state index contributed by atoms with van der Waals surface area (Å²) < 4.78 is 5.48. The predicted octanol–water partition coefficient (Wildman–Crippen LogP) is 4.99. The third-order valence-corrected chi connectivity index (χ3v) is 7.72. The highest BCUT2D eigenvalue weighted by Crippen LogP contribution is 2.29. The van der Waals surface area contributed by atoms with Gasteiger partial charge in [0.2, 0.25) is 0 Å². The van der Waals surface area contributed by atoms with Crippen LogP contribution in [0.4, 0.5) is 5.82 Å².